The molecule has 19 rings (SSSR count). The molecular formula is C87H97FN30O10. The van der Waals surface area contributed by atoms with Gasteiger partial charge in [0.25, 0.3) is 45.9 Å². The molecule has 14 aromatic rings. The van der Waals surface area contributed by atoms with E-state index < -0.39 is 5.82 Å². The second kappa shape index (κ2) is 38.9. The van der Waals surface area contributed by atoms with Crippen LogP contribution >= 0.6 is 0 Å². The van der Waals surface area contributed by atoms with E-state index in [1.807, 2.05) is 19.1 Å². The molecular weight excluding hydrogens is 1640 g/mol. The Morgan fingerprint density at radius 3 is 1.20 bits per heavy atom. The number of aryl methyl sites for hydroxylation is 1. The van der Waals surface area contributed by atoms with Crippen LogP contribution in [0.1, 0.15) is 143 Å². The first-order valence-corrected chi connectivity index (χ1v) is 42.3. The lowest BCUT2D eigenvalue weighted by Crippen LogP contribution is -2.39. The summed E-state index contributed by atoms with van der Waals surface area (Å²) in [5.74, 6) is 3.16. The highest BCUT2D eigenvalue weighted by Gasteiger charge is 2.30. The minimum atomic E-state index is -0.490. The largest absolute Gasteiger partial charge is 0.383 e. The zero-order valence-corrected chi connectivity index (χ0v) is 71.1. The summed E-state index contributed by atoms with van der Waals surface area (Å²) in [6.07, 6.45) is 31.5. The van der Waals surface area contributed by atoms with E-state index in [1.165, 1.54) is 50.6 Å². The van der Waals surface area contributed by atoms with Crippen LogP contribution in [0.5, 0.6) is 0 Å². The second-order valence-electron chi connectivity index (χ2n) is 31.4. The molecule has 1 atom stereocenters. The summed E-state index contributed by atoms with van der Waals surface area (Å²) in [6, 6.07) is 26.1. The van der Waals surface area contributed by atoms with Crippen molar-refractivity contribution in [3.63, 3.8) is 0 Å². The quantitative estimate of drug-likeness (QED) is 0.0240. The first-order chi connectivity index (χ1) is 62.3. The molecule has 4 saturated carbocycles. The average molecular weight is 1740 g/mol. The summed E-state index contributed by atoms with van der Waals surface area (Å²) < 4.78 is 36.2. The van der Waals surface area contributed by atoms with E-state index in [4.69, 9.17) is 9.47 Å². The molecule has 14 aromatic heterocycles. The number of methoxy groups -OCH3 is 1. The molecule has 1 unspecified atom stereocenters. The lowest BCUT2D eigenvalue weighted by molar-refractivity contribution is 0.0580. The first-order valence-electron chi connectivity index (χ1n) is 42.3. The zero-order chi connectivity index (χ0) is 89.1. The number of amides is 4. The smallest absolute Gasteiger partial charge is 0.279 e. The Labute approximate surface area is 730 Å². The molecule has 662 valence electrons. The van der Waals surface area contributed by atoms with Gasteiger partial charge in [0.05, 0.1) is 62.1 Å². The monoisotopic (exact) mass is 1740 g/mol. The van der Waals surface area contributed by atoms with E-state index in [9.17, 15) is 42.7 Å². The van der Waals surface area contributed by atoms with Crippen LogP contribution < -0.4 is 86.0 Å². The number of hydrogen-bond acceptors (Lipinski definition) is 28. The fourth-order valence-electron chi connectivity index (χ4n) is 14.9. The van der Waals surface area contributed by atoms with Gasteiger partial charge in [-0.1, -0.05) is 0 Å². The van der Waals surface area contributed by atoms with Gasteiger partial charge in [0.1, 0.15) is 103 Å². The van der Waals surface area contributed by atoms with Crippen LogP contribution in [0.2, 0.25) is 0 Å². The van der Waals surface area contributed by atoms with Crippen molar-refractivity contribution in [3.05, 3.63) is 234 Å². The van der Waals surface area contributed by atoms with Crippen molar-refractivity contribution in [2.75, 3.05) is 97.7 Å². The van der Waals surface area contributed by atoms with Crippen molar-refractivity contribution in [1.29, 1.82) is 0 Å². The van der Waals surface area contributed by atoms with Crippen molar-refractivity contribution >= 4 is 116 Å². The van der Waals surface area contributed by atoms with Crippen LogP contribution in [0.25, 0.3) is 34.1 Å². The minimum absolute atomic E-state index is 0.0259. The fourth-order valence-corrected chi connectivity index (χ4v) is 14.9. The van der Waals surface area contributed by atoms with Gasteiger partial charge in [0, 0.05) is 128 Å². The number of fused-ring (bicyclic) bond motifs is 4. The van der Waals surface area contributed by atoms with Gasteiger partial charge in [-0.3, -0.25) is 52.5 Å². The Hall–Kier alpha value is -15.3. The second-order valence-corrected chi connectivity index (χ2v) is 31.4. The standard InChI is InChI=1S/C23H24N8O2.C22H21FN8O2.C22H27N7O3.C20H25N7O3/c1-14-9-16(12-25-11-14)30-8-4-7-18(23(30)33)28-19-10-20(24-2)31-21(29-19)17(13-26-31)22(32)27-15-5-3-6-15;1-24-19-10-17(29-20-15(12-26-31(19)20)21(32)27-14-4-2-5-14)28-16-6-3-9-30(22(16)33)18-8-7-13(23)11-25-18;1-23-19-11-18(26-17-8-3-9-28(22(17)31)15-7-4-10-32-13-15)27-20-16(12-24-29(19)20)21(30)25-14-5-2-6-14;1-21-17-11-16(24-15-7-4-8-26(20(15)29)9-10-30-2)25-18-14(12-22-27(17)18)19(28)23-13-5-3-6-13/h4,7-13,15,24H,3,5-6H2,1-2H3,(H,27,32)(H,28,29);3,6-12,14,24H,2,4-5H2,1H3,(H,27,32)(H,28,29);3,8-9,11-12,14-15,23H,2,4-7,10,13H2,1H3,(H,25,30)(H,26,27);4,7-8,11-13,21H,3,5-6,9-10H2,1-2H3,(H,23,28)(H,24,25). The van der Waals surface area contributed by atoms with Crippen molar-refractivity contribution in [1.82, 2.24) is 108 Å². The molecule has 4 amide bonds. The van der Waals surface area contributed by atoms with E-state index in [-0.39, 0.29) is 87.6 Å². The molecule has 0 radical (unpaired) electrons. The number of nitrogens with one attached hydrogen (secondary N) is 12. The number of anilines is 12. The van der Waals surface area contributed by atoms with Crippen LogP contribution in [0.15, 0.2) is 178 Å². The number of carbonyl (C=O) groups is 4. The SMILES string of the molecule is CNc1cc(Nc2cccn(-c3ccc(F)cn3)c2=O)nc2c(C(=O)NC3CCC3)cnn12.CNc1cc(Nc2cccn(-c3cncc(C)c3)c2=O)nc2c(C(=O)NC3CCC3)cnn12.CNc1cc(Nc2cccn(C3CCCOC3)c2=O)nc2c(C(=O)NC3CCC3)cnn12.CNc1cc(Nc2cccn(CCOC)c2=O)nc2c(C(=O)NC3CCC3)cnn12. The van der Waals surface area contributed by atoms with Crippen LogP contribution in [-0.2, 0) is 16.0 Å². The number of ether oxygens (including phenoxy) is 2. The van der Waals surface area contributed by atoms with Gasteiger partial charge < -0.3 is 82.4 Å². The zero-order valence-electron chi connectivity index (χ0n) is 71.1. The van der Waals surface area contributed by atoms with Crippen LogP contribution in [0.4, 0.5) is 73.7 Å². The van der Waals surface area contributed by atoms with E-state index in [0.717, 1.165) is 108 Å². The van der Waals surface area contributed by atoms with Crippen molar-refractivity contribution in [3.8, 4) is 11.5 Å². The summed E-state index contributed by atoms with van der Waals surface area (Å²) in [6.45, 7) is 4.08. The van der Waals surface area contributed by atoms with E-state index in [1.54, 1.807) is 162 Å². The third-order valence-corrected chi connectivity index (χ3v) is 22.8. The lowest BCUT2D eigenvalue weighted by Gasteiger charge is -2.26. The molecule has 40 nitrogen and oxygen atoms in total. The molecule has 4 aliphatic carbocycles. The molecule has 128 heavy (non-hydrogen) atoms. The number of nitrogens with zero attached hydrogens (tertiary/aromatic N) is 18. The van der Waals surface area contributed by atoms with Crippen molar-refractivity contribution < 1.29 is 33.0 Å². The highest BCUT2D eigenvalue weighted by molar-refractivity contribution is 6.02. The van der Waals surface area contributed by atoms with Crippen LogP contribution in [-0.4, -0.2) is 190 Å². The Bertz CT molecular complexity index is 6690. The Kier molecular flexibility index (Phi) is 26.2. The van der Waals surface area contributed by atoms with E-state index >= 15 is 0 Å². The van der Waals surface area contributed by atoms with Crippen molar-refractivity contribution in [2.24, 2.45) is 0 Å². The molecule has 41 heteroatoms. The molecule has 5 aliphatic rings. The summed E-state index contributed by atoms with van der Waals surface area (Å²) in [4.78, 5) is 129. The Morgan fingerprint density at radius 1 is 0.445 bits per heavy atom. The number of rotatable bonds is 26. The van der Waals surface area contributed by atoms with Gasteiger partial charge in [0.2, 0.25) is 0 Å². The molecule has 0 aromatic carbocycles. The maximum Gasteiger partial charge on any atom is 0.279 e. The van der Waals surface area contributed by atoms with Crippen molar-refractivity contribution in [2.45, 2.75) is 134 Å². The highest BCUT2D eigenvalue weighted by atomic mass is 19.1. The number of aromatic nitrogens is 18. The molecule has 12 N–H and O–H groups in total. The Balaban J connectivity index is 0.000000125. The lowest BCUT2D eigenvalue weighted by atomic mass is 9.93. The van der Waals surface area contributed by atoms with Gasteiger partial charge >= 0.3 is 0 Å². The fraction of sp³-hybridized carbons (Fsp3) is 0.333. The normalized spacial score (nSPS) is 14.9. The summed E-state index contributed by atoms with van der Waals surface area (Å²) in [7, 11) is 8.61. The number of halogens is 1. The van der Waals surface area contributed by atoms with E-state index in [2.05, 4.69) is 114 Å². The van der Waals surface area contributed by atoms with Gasteiger partial charge in [0.15, 0.2) is 22.6 Å². The summed E-state index contributed by atoms with van der Waals surface area (Å²) >= 11 is 0. The predicted molar refractivity (Wildman–Crippen MR) is 480 cm³/mol. The topological polar surface area (TPSA) is 466 Å². The van der Waals surface area contributed by atoms with Gasteiger partial charge in [-0.05, 0) is 169 Å². The molecule has 1 saturated heterocycles. The number of hydrogen-bond donors (Lipinski definition) is 12. The third kappa shape index (κ3) is 19.0. The average Bonchev–Trinajstić information content (AvgIpc) is 1.63. The minimum Gasteiger partial charge on any atom is -0.383 e. The molecule has 15 heterocycles. The summed E-state index contributed by atoms with van der Waals surface area (Å²) in [5.41, 5.74) is 5.20. The van der Waals surface area contributed by atoms with Crippen LogP contribution in [0, 0.1) is 12.7 Å². The highest BCUT2D eigenvalue weighted by Crippen LogP contribution is 2.30. The Morgan fingerprint density at radius 2 is 0.836 bits per heavy atom. The van der Waals surface area contributed by atoms with Crippen LogP contribution in [0.3, 0.4) is 0 Å². The maximum absolute atomic E-state index is 13.2. The van der Waals surface area contributed by atoms with Gasteiger partial charge in [-0.15, -0.1) is 0 Å². The summed E-state index contributed by atoms with van der Waals surface area (Å²) in [5, 5.41) is 53.9. The molecule has 0 bridgehead atoms. The molecule has 1 aliphatic heterocycles. The van der Waals surface area contributed by atoms with Gasteiger partial charge in [-0.25, -0.2) is 29.3 Å². The number of pyridine rings is 6. The number of carbonyl (C=O) groups excluding carboxylic acids is 4. The maximum atomic E-state index is 13.2. The molecule has 0 spiro atoms. The third-order valence-electron chi connectivity index (χ3n) is 22.8. The van der Waals surface area contributed by atoms with E-state index in [0.29, 0.717) is 134 Å². The predicted octanol–water partition coefficient (Wildman–Crippen LogP) is 9.05. The van der Waals surface area contributed by atoms with Gasteiger partial charge in [-0.2, -0.15) is 38.5 Å². The molecule has 5 fully saturated rings. The first kappa shape index (κ1) is 86.2.